The molecule has 0 saturated carbocycles. The number of hydrogen-bond donors (Lipinski definition) is 2. The summed E-state index contributed by atoms with van der Waals surface area (Å²) in [4.78, 5) is 12.4. The van der Waals surface area contributed by atoms with Crippen LogP contribution in [-0.2, 0) is 0 Å². The molecule has 3 N–H and O–H groups in total. The van der Waals surface area contributed by atoms with Gasteiger partial charge in [0.1, 0.15) is 0 Å². The fourth-order valence-electron chi connectivity index (χ4n) is 2.16. The molecule has 0 heterocycles. The van der Waals surface area contributed by atoms with E-state index in [9.17, 15) is 4.79 Å². The molecule has 0 aliphatic carbocycles. The van der Waals surface area contributed by atoms with Gasteiger partial charge in [-0.15, -0.1) is 12.4 Å². The van der Waals surface area contributed by atoms with Gasteiger partial charge in [-0.05, 0) is 40.9 Å². The molecule has 5 nitrogen and oxygen atoms in total. The van der Waals surface area contributed by atoms with Gasteiger partial charge in [-0.3, -0.25) is 4.79 Å². The first-order chi connectivity index (χ1) is 11.1. The Kier molecular flexibility index (Phi) is 11.9. The molecule has 0 bridgehead atoms. The molecule has 1 aromatic carbocycles. The standard InChI is InChI=1S/C17H27BrN2O3.ClH/c1-4-6-7-13(11-19)20-17(21)12-9-14(18)16(23-8-5-2)15(10-12)22-3;/h9-10,13H,4-8,11,19H2,1-3H3,(H,20,21);1H. The average Bonchev–Trinajstić information content (AvgIpc) is 2.56. The van der Waals surface area contributed by atoms with E-state index in [0.717, 1.165) is 25.7 Å². The van der Waals surface area contributed by atoms with Crippen molar-refractivity contribution in [2.45, 2.75) is 45.6 Å². The van der Waals surface area contributed by atoms with Gasteiger partial charge >= 0.3 is 0 Å². The Morgan fingerprint density at radius 3 is 2.58 bits per heavy atom. The SMILES string of the molecule is CCCCC(CN)NC(=O)c1cc(Br)c(OCCC)c(OC)c1.Cl. The minimum absolute atomic E-state index is 0. The lowest BCUT2D eigenvalue weighted by atomic mass is 10.1. The van der Waals surface area contributed by atoms with Gasteiger partial charge in [-0.25, -0.2) is 0 Å². The van der Waals surface area contributed by atoms with E-state index >= 15 is 0 Å². The summed E-state index contributed by atoms with van der Waals surface area (Å²) in [5.74, 6) is 1.00. The number of hydrogen-bond acceptors (Lipinski definition) is 4. The van der Waals surface area contributed by atoms with Gasteiger partial charge in [-0.2, -0.15) is 0 Å². The third-order valence-electron chi connectivity index (χ3n) is 3.47. The number of carbonyl (C=O) groups is 1. The highest BCUT2D eigenvalue weighted by Gasteiger charge is 2.17. The molecule has 1 rings (SSSR count). The number of benzene rings is 1. The topological polar surface area (TPSA) is 73.6 Å². The maximum Gasteiger partial charge on any atom is 0.251 e. The molecule has 1 aromatic rings. The number of ether oxygens (including phenoxy) is 2. The van der Waals surface area contributed by atoms with Gasteiger partial charge < -0.3 is 20.5 Å². The molecule has 0 saturated heterocycles. The van der Waals surface area contributed by atoms with E-state index in [1.54, 1.807) is 19.2 Å². The number of unbranched alkanes of at least 4 members (excludes halogenated alkanes) is 1. The van der Waals surface area contributed by atoms with Crippen LogP contribution >= 0.6 is 28.3 Å². The van der Waals surface area contributed by atoms with Crippen LogP contribution in [0.15, 0.2) is 16.6 Å². The molecular formula is C17H28BrClN2O3. The van der Waals surface area contributed by atoms with Crippen LogP contribution in [0.3, 0.4) is 0 Å². The van der Waals surface area contributed by atoms with Gasteiger partial charge in [0.15, 0.2) is 11.5 Å². The fraction of sp³-hybridized carbons (Fsp3) is 0.588. The van der Waals surface area contributed by atoms with Crippen molar-refractivity contribution in [3.05, 3.63) is 22.2 Å². The minimum atomic E-state index is -0.155. The van der Waals surface area contributed by atoms with E-state index in [-0.39, 0.29) is 24.4 Å². The zero-order valence-corrected chi connectivity index (χ0v) is 17.0. The summed E-state index contributed by atoms with van der Waals surface area (Å²) >= 11 is 3.45. The summed E-state index contributed by atoms with van der Waals surface area (Å²) < 4.78 is 11.7. The molecule has 1 atom stereocenters. The molecule has 1 unspecified atom stereocenters. The van der Waals surface area contributed by atoms with Crippen molar-refractivity contribution in [2.75, 3.05) is 20.3 Å². The predicted octanol–water partition coefficient (Wildman–Crippen LogP) is 3.92. The molecule has 138 valence electrons. The second-order valence-electron chi connectivity index (χ2n) is 5.39. The zero-order valence-electron chi connectivity index (χ0n) is 14.6. The number of carbonyl (C=O) groups excluding carboxylic acids is 1. The summed E-state index contributed by atoms with van der Waals surface area (Å²) in [7, 11) is 1.56. The molecule has 0 aromatic heterocycles. The summed E-state index contributed by atoms with van der Waals surface area (Å²) in [5, 5.41) is 2.98. The number of methoxy groups -OCH3 is 1. The van der Waals surface area contributed by atoms with Crippen molar-refractivity contribution in [1.29, 1.82) is 0 Å². The number of nitrogens with one attached hydrogen (secondary N) is 1. The van der Waals surface area contributed by atoms with Crippen LogP contribution in [0.25, 0.3) is 0 Å². The Balaban J connectivity index is 0.00000529. The van der Waals surface area contributed by atoms with Crippen LogP contribution in [0.5, 0.6) is 11.5 Å². The Labute approximate surface area is 159 Å². The second-order valence-corrected chi connectivity index (χ2v) is 6.24. The minimum Gasteiger partial charge on any atom is -0.493 e. The lowest BCUT2D eigenvalue weighted by molar-refractivity contribution is 0.0935. The predicted molar refractivity (Wildman–Crippen MR) is 104 cm³/mol. The van der Waals surface area contributed by atoms with Crippen LogP contribution in [0, 0.1) is 0 Å². The monoisotopic (exact) mass is 422 g/mol. The van der Waals surface area contributed by atoms with Gasteiger partial charge in [0.2, 0.25) is 0 Å². The van der Waals surface area contributed by atoms with Crippen LogP contribution in [0.1, 0.15) is 49.9 Å². The van der Waals surface area contributed by atoms with Gasteiger partial charge in [0.25, 0.3) is 5.91 Å². The fourth-order valence-corrected chi connectivity index (χ4v) is 2.72. The highest BCUT2D eigenvalue weighted by Crippen LogP contribution is 2.36. The first-order valence-electron chi connectivity index (χ1n) is 8.08. The summed E-state index contributed by atoms with van der Waals surface area (Å²) in [6.45, 7) is 5.17. The van der Waals surface area contributed by atoms with Crippen molar-refractivity contribution in [3.63, 3.8) is 0 Å². The first-order valence-corrected chi connectivity index (χ1v) is 8.87. The maximum atomic E-state index is 12.4. The van der Waals surface area contributed by atoms with Gasteiger partial charge in [-0.1, -0.05) is 26.7 Å². The van der Waals surface area contributed by atoms with E-state index in [1.165, 1.54) is 0 Å². The summed E-state index contributed by atoms with van der Waals surface area (Å²) in [5.41, 5.74) is 6.26. The van der Waals surface area contributed by atoms with E-state index < -0.39 is 0 Å². The third-order valence-corrected chi connectivity index (χ3v) is 4.06. The lowest BCUT2D eigenvalue weighted by Crippen LogP contribution is -2.40. The molecule has 7 heteroatoms. The Bertz CT molecular complexity index is 515. The Hall–Kier alpha value is -0.980. The van der Waals surface area contributed by atoms with Crippen molar-refractivity contribution in [1.82, 2.24) is 5.32 Å². The first kappa shape index (κ1) is 23.0. The molecule has 0 aliphatic rings. The molecular weight excluding hydrogens is 396 g/mol. The molecule has 1 amide bonds. The second kappa shape index (κ2) is 12.4. The van der Waals surface area contributed by atoms with E-state index in [0.29, 0.717) is 34.7 Å². The van der Waals surface area contributed by atoms with E-state index in [4.69, 9.17) is 15.2 Å². The number of halogens is 2. The summed E-state index contributed by atoms with van der Waals surface area (Å²) in [6, 6.07) is 3.43. The third kappa shape index (κ3) is 6.87. The lowest BCUT2D eigenvalue weighted by Gasteiger charge is -2.18. The largest absolute Gasteiger partial charge is 0.493 e. The van der Waals surface area contributed by atoms with Gasteiger partial charge in [0, 0.05) is 18.2 Å². The Morgan fingerprint density at radius 1 is 1.33 bits per heavy atom. The normalized spacial score (nSPS) is 11.4. The number of nitrogens with two attached hydrogens (primary N) is 1. The van der Waals surface area contributed by atoms with Crippen molar-refractivity contribution >= 4 is 34.2 Å². The number of rotatable bonds is 10. The average molecular weight is 424 g/mol. The van der Waals surface area contributed by atoms with Crippen LogP contribution < -0.4 is 20.5 Å². The van der Waals surface area contributed by atoms with Crippen LogP contribution in [0.4, 0.5) is 0 Å². The highest BCUT2D eigenvalue weighted by molar-refractivity contribution is 9.10. The maximum absolute atomic E-state index is 12.4. The van der Waals surface area contributed by atoms with Crippen molar-refractivity contribution < 1.29 is 14.3 Å². The van der Waals surface area contributed by atoms with Gasteiger partial charge in [0.05, 0.1) is 18.2 Å². The van der Waals surface area contributed by atoms with Crippen molar-refractivity contribution in [2.24, 2.45) is 5.73 Å². The molecule has 0 radical (unpaired) electrons. The van der Waals surface area contributed by atoms with E-state index in [1.807, 2.05) is 6.92 Å². The quantitative estimate of drug-likeness (QED) is 0.598. The molecule has 24 heavy (non-hydrogen) atoms. The smallest absolute Gasteiger partial charge is 0.251 e. The van der Waals surface area contributed by atoms with Crippen LogP contribution in [-0.4, -0.2) is 32.2 Å². The zero-order chi connectivity index (χ0) is 17.2. The molecule has 0 fully saturated rings. The highest BCUT2D eigenvalue weighted by atomic mass is 79.9. The molecule has 0 aliphatic heterocycles. The Morgan fingerprint density at radius 2 is 2.04 bits per heavy atom. The summed E-state index contributed by atoms with van der Waals surface area (Å²) in [6.07, 6.45) is 3.90. The number of amides is 1. The molecule has 0 spiro atoms. The van der Waals surface area contributed by atoms with E-state index in [2.05, 4.69) is 28.2 Å². The van der Waals surface area contributed by atoms with Crippen molar-refractivity contribution in [3.8, 4) is 11.5 Å². The van der Waals surface area contributed by atoms with Crippen LogP contribution in [0.2, 0.25) is 0 Å².